The summed E-state index contributed by atoms with van der Waals surface area (Å²) in [6, 6.07) is 5.89. The highest BCUT2D eigenvalue weighted by Crippen LogP contribution is 2.35. The standard InChI is InChI=1S/C27H26F3N3O3/c1-16-5-3-4-6-20(16)21-9-8-18(11-19(21)13-35-2)25-31-24(32-36-25)17-7-10-22(23(28)12-17)26(34)33-14-27(29,30)15-33/h3,5,7-12,22-23H,4,6,13-15H2,1-2H3. The fraction of sp³-hybridized carbons (Fsp3) is 0.370. The van der Waals surface area contributed by atoms with E-state index in [-0.39, 0.29) is 11.7 Å². The minimum absolute atomic E-state index is 0.179. The summed E-state index contributed by atoms with van der Waals surface area (Å²) in [5, 5.41) is 3.99. The van der Waals surface area contributed by atoms with Gasteiger partial charge >= 0.3 is 0 Å². The Kier molecular flexibility index (Phi) is 6.42. The van der Waals surface area contributed by atoms with E-state index in [1.807, 2.05) is 18.2 Å². The number of likely N-dealkylation sites (tertiary alicyclic amines) is 1. The van der Waals surface area contributed by atoms with Crippen LogP contribution in [0.3, 0.4) is 0 Å². The molecule has 1 saturated heterocycles. The van der Waals surface area contributed by atoms with Crippen LogP contribution >= 0.6 is 0 Å². The van der Waals surface area contributed by atoms with Crippen molar-refractivity contribution in [3.05, 3.63) is 71.1 Å². The number of hydrogen-bond donors (Lipinski definition) is 0. The number of carbonyl (C=O) groups excluding carboxylic acids is 1. The Hall–Kier alpha value is -3.46. The molecule has 3 aliphatic rings. The van der Waals surface area contributed by atoms with Crippen molar-refractivity contribution in [1.82, 2.24) is 15.0 Å². The molecule has 0 saturated carbocycles. The zero-order valence-electron chi connectivity index (χ0n) is 20.0. The highest BCUT2D eigenvalue weighted by Gasteiger charge is 2.48. The average molecular weight is 498 g/mol. The van der Waals surface area contributed by atoms with E-state index >= 15 is 0 Å². The van der Waals surface area contributed by atoms with Gasteiger partial charge in [-0.3, -0.25) is 4.79 Å². The summed E-state index contributed by atoms with van der Waals surface area (Å²) in [6.45, 7) is 1.16. The number of allylic oxidation sites excluding steroid dienone is 7. The van der Waals surface area contributed by atoms with Crippen molar-refractivity contribution < 1.29 is 27.2 Å². The van der Waals surface area contributed by atoms with Crippen LogP contribution in [-0.2, 0) is 16.1 Å². The molecule has 2 aromatic rings. The van der Waals surface area contributed by atoms with Gasteiger partial charge in [0.05, 0.1) is 25.6 Å². The number of methoxy groups -OCH3 is 1. The first-order valence-corrected chi connectivity index (χ1v) is 11.8. The normalized spacial score (nSPS) is 23.0. The molecular weight excluding hydrogens is 471 g/mol. The average Bonchev–Trinajstić information content (AvgIpc) is 3.33. The minimum Gasteiger partial charge on any atom is -0.380 e. The van der Waals surface area contributed by atoms with Gasteiger partial charge in [-0.25, -0.2) is 13.2 Å². The van der Waals surface area contributed by atoms with Crippen molar-refractivity contribution in [2.75, 3.05) is 20.2 Å². The maximum Gasteiger partial charge on any atom is 0.282 e. The van der Waals surface area contributed by atoms with Crippen LogP contribution < -0.4 is 0 Å². The molecule has 0 bridgehead atoms. The van der Waals surface area contributed by atoms with E-state index in [4.69, 9.17) is 9.26 Å². The highest BCUT2D eigenvalue weighted by molar-refractivity contribution is 5.85. The van der Waals surface area contributed by atoms with Gasteiger partial charge in [0.15, 0.2) is 0 Å². The third kappa shape index (κ3) is 4.67. The second-order valence-corrected chi connectivity index (χ2v) is 9.33. The van der Waals surface area contributed by atoms with Crippen LogP contribution in [0.25, 0.3) is 22.6 Å². The molecule has 0 radical (unpaired) electrons. The van der Waals surface area contributed by atoms with Gasteiger partial charge in [0.25, 0.3) is 11.8 Å². The first-order valence-electron chi connectivity index (χ1n) is 11.8. The number of benzene rings is 1. The number of rotatable bonds is 6. The van der Waals surface area contributed by atoms with Gasteiger partial charge in [-0.1, -0.05) is 35.5 Å². The quantitative estimate of drug-likeness (QED) is 0.535. The summed E-state index contributed by atoms with van der Waals surface area (Å²) in [5.74, 6) is -4.24. The Morgan fingerprint density at radius 2 is 2.08 bits per heavy atom. The van der Waals surface area contributed by atoms with E-state index in [9.17, 15) is 18.0 Å². The monoisotopic (exact) mass is 497 g/mol. The predicted molar refractivity (Wildman–Crippen MR) is 128 cm³/mol. The third-order valence-electron chi connectivity index (χ3n) is 6.67. The molecule has 2 aliphatic carbocycles. The molecule has 1 aliphatic heterocycles. The first kappa shape index (κ1) is 24.2. The molecule has 0 N–H and O–H groups in total. The number of nitrogens with zero attached hydrogens (tertiary/aromatic N) is 3. The SMILES string of the molecule is COCc1cc(-c2nc(C3=CC(F)C(C(=O)N4CC(F)(F)C4)C=C3)no2)ccc1C1=C(C)C=CCC1. The van der Waals surface area contributed by atoms with Gasteiger partial charge in [0, 0.05) is 18.2 Å². The van der Waals surface area contributed by atoms with Crippen LogP contribution in [0.4, 0.5) is 13.2 Å². The molecule has 2 atom stereocenters. The van der Waals surface area contributed by atoms with Crippen molar-refractivity contribution in [1.29, 1.82) is 0 Å². The number of aromatic nitrogens is 2. The largest absolute Gasteiger partial charge is 0.380 e. The van der Waals surface area contributed by atoms with Gasteiger partial charge in [0.2, 0.25) is 11.7 Å². The Labute approximate surface area is 206 Å². The summed E-state index contributed by atoms with van der Waals surface area (Å²) in [7, 11) is 1.64. The zero-order chi connectivity index (χ0) is 25.4. The van der Waals surface area contributed by atoms with Crippen LogP contribution in [0.15, 0.2) is 58.7 Å². The molecule has 36 heavy (non-hydrogen) atoms. The third-order valence-corrected chi connectivity index (χ3v) is 6.67. The van der Waals surface area contributed by atoms with E-state index in [0.29, 0.717) is 17.7 Å². The Balaban J connectivity index is 1.35. The molecule has 9 heteroatoms. The lowest BCUT2D eigenvalue weighted by Crippen LogP contribution is -2.60. The van der Waals surface area contributed by atoms with E-state index in [0.717, 1.165) is 28.9 Å². The van der Waals surface area contributed by atoms with E-state index in [1.165, 1.54) is 29.4 Å². The van der Waals surface area contributed by atoms with Crippen molar-refractivity contribution in [3.63, 3.8) is 0 Å². The zero-order valence-corrected chi connectivity index (χ0v) is 20.0. The number of hydrogen-bond acceptors (Lipinski definition) is 5. The van der Waals surface area contributed by atoms with Crippen LogP contribution in [0.2, 0.25) is 0 Å². The Morgan fingerprint density at radius 3 is 2.78 bits per heavy atom. The molecule has 1 amide bonds. The Morgan fingerprint density at radius 1 is 1.28 bits per heavy atom. The topological polar surface area (TPSA) is 68.5 Å². The fourth-order valence-electron chi connectivity index (χ4n) is 4.78. The number of amides is 1. The summed E-state index contributed by atoms with van der Waals surface area (Å²) >= 11 is 0. The van der Waals surface area contributed by atoms with Gasteiger partial charge in [-0.05, 0) is 60.2 Å². The molecule has 1 fully saturated rings. The lowest BCUT2D eigenvalue weighted by molar-refractivity contribution is -0.169. The van der Waals surface area contributed by atoms with Gasteiger partial charge in [0.1, 0.15) is 6.17 Å². The summed E-state index contributed by atoms with van der Waals surface area (Å²) < 4.78 is 51.9. The van der Waals surface area contributed by atoms with Crippen LogP contribution in [0.1, 0.15) is 36.7 Å². The van der Waals surface area contributed by atoms with E-state index in [2.05, 4.69) is 29.2 Å². The molecule has 188 valence electrons. The second kappa shape index (κ2) is 9.54. The van der Waals surface area contributed by atoms with Crippen molar-refractivity contribution >= 4 is 17.1 Å². The lowest BCUT2D eigenvalue weighted by Gasteiger charge is -2.40. The first-order chi connectivity index (χ1) is 17.3. The van der Waals surface area contributed by atoms with Crippen molar-refractivity contribution in [3.8, 4) is 11.5 Å². The molecule has 2 heterocycles. The van der Waals surface area contributed by atoms with Crippen LogP contribution in [-0.4, -0.2) is 53.2 Å². The van der Waals surface area contributed by atoms with E-state index < -0.39 is 37.0 Å². The molecule has 2 unspecified atom stereocenters. The van der Waals surface area contributed by atoms with Crippen LogP contribution in [0.5, 0.6) is 0 Å². The number of alkyl halides is 3. The molecular formula is C27H26F3N3O3. The summed E-state index contributed by atoms with van der Waals surface area (Å²) in [4.78, 5) is 17.8. The predicted octanol–water partition coefficient (Wildman–Crippen LogP) is 5.39. The van der Waals surface area contributed by atoms with Crippen molar-refractivity contribution in [2.45, 2.75) is 38.5 Å². The van der Waals surface area contributed by atoms with Gasteiger partial charge < -0.3 is 14.2 Å². The molecule has 6 nitrogen and oxygen atoms in total. The lowest BCUT2D eigenvalue weighted by atomic mass is 9.89. The van der Waals surface area contributed by atoms with Gasteiger partial charge in [-0.2, -0.15) is 4.98 Å². The fourth-order valence-corrected chi connectivity index (χ4v) is 4.78. The van der Waals surface area contributed by atoms with Crippen LogP contribution in [0, 0.1) is 5.92 Å². The number of halogens is 3. The molecule has 1 aromatic carbocycles. The highest BCUT2D eigenvalue weighted by atomic mass is 19.3. The summed E-state index contributed by atoms with van der Waals surface area (Å²) in [5.41, 5.74) is 5.69. The molecule has 5 rings (SSSR count). The smallest absolute Gasteiger partial charge is 0.282 e. The Bertz CT molecular complexity index is 1300. The summed E-state index contributed by atoms with van der Waals surface area (Å²) in [6.07, 6.45) is 8.68. The second-order valence-electron chi connectivity index (χ2n) is 9.33. The molecule has 1 aromatic heterocycles. The molecule has 0 spiro atoms. The maximum absolute atomic E-state index is 14.8. The van der Waals surface area contributed by atoms with E-state index in [1.54, 1.807) is 7.11 Å². The minimum atomic E-state index is -2.90. The van der Waals surface area contributed by atoms with Gasteiger partial charge in [-0.15, -0.1) is 0 Å². The van der Waals surface area contributed by atoms with Crippen molar-refractivity contribution in [2.24, 2.45) is 5.92 Å². The maximum atomic E-state index is 14.8. The number of ether oxygens (including phenoxy) is 1. The number of carbonyl (C=O) groups is 1.